The molecule has 0 radical (unpaired) electrons. The van der Waals surface area contributed by atoms with Crippen molar-refractivity contribution < 1.29 is 14.7 Å². The highest BCUT2D eigenvalue weighted by molar-refractivity contribution is 5.76. The van der Waals surface area contributed by atoms with Crippen LogP contribution in [0.1, 0.15) is 58.8 Å². The van der Waals surface area contributed by atoms with Gasteiger partial charge in [-0.1, -0.05) is 6.42 Å². The van der Waals surface area contributed by atoms with Crippen LogP contribution in [0.25, 0.3) is 0 Å². The first kappa shape index (κ1) is 16.0. The molecule has 1 fully saturated rings. The number of piperidine rings is 1. The molecule has 0 bridgehead atoms. The number of carbonyl (C=O) groups excluding carboxylic acids is 1. The summed E-state index contributed by atoms with van der Waals surface area (Å²) < 4.78 is 0. The molecule has 1 aliphatic rings. The van der Waals surface area contributed by atoms with E-state index in [2.05, 4.69) is 10.6 Å². The SMILES string of the molecule is CC(C)(CCC(=O)O)NC(=O)CCC1CCCCN1. The van der Waals surface area contributed by atoms with E-state index in [1.165, 1.54) is 12.8 Å². The van der Waals surface area contributed by atoms with Crippen LogP contribution in [0.5, 0.6) is 0 Å². The van der Waals surface area contributed by atoms with Gasteiger partial charge in [-0.3, -0.25) is 9.59 Å². The van der Waals surface area contributed by atoms with E-state index in [-0.39, 0.29) is 12.3 Å². The van der Waals surface area contributed by atoms with E-state index in [1.54, 1.807) is 0 Å². The van der Waals surface area contributed by atoms with Crippen molar-refractivity contribution in [2.75, 3.05) is 6.54 Å². The normalized spacial score (nSPS) is 20.0. The van der Waals surface area contributed by atoms with Crippen molar-refractivity contribution >= 4 is 11.9 Å². The number of hydrogen-bond acceptors (Lipinski definition) is 3. The largest absolute Gasteiger partial charge is 0.481 e. The number of aliphatic carboxylic acids is 1. The molecule has 1 amide bonds. The summed E-state index contributed by atoms with van der Waals surface area (Å²) in [6.45, 7) is 4.79. The lowest BCUT2D eigenvalue weighted by atomic mass is 9.97. The van der Waals surface area contributed by atoms with Crippen LogP contribution < -0.4 is 10.6 Å². The maximum atomic E-state index is 11.9. The summed E-state index contributed by atoms with van der Waals surface area (Å²) in [5.74, 6) is -0.809. The highest BCUT2D eigenvalue weighted by Gasteiger charge is 2.22. The van der Waals surface area contributed by atoms with Crippen molar-refractivity contribution in [3.8, 4) is 0 Å². The van der Waals surface area contributed by atoms with E-state index < -0.39 is 11.5 Å². The van der Waals surface area contributed by atoms with E-state index in [9.17, 15) is 9.59 Å². The van der Waals surface area contributed by atoms with Gasteiger partial charge in [0.2, 0.25) is 5.91 Å². The lowest BCUT2D eigenvalue weighted by molar-refractivity contribution is -0.137. The summed E-state index contributed by atoms with van der Waals surface area (Å²) in [6.07, 6.45) is 5.52. The van der Waals surface area contributed by atoms with Gasteiger partial charge >= 0.3 is 5.97 Å². The smallest absolute Gasteiger partial charge is 0.303 e. The molecule has 1 rings (SSSR count). The molecule has 110 valence electrons. The molecule has 3 N–H and O–H groups in total. The van der Waals surface area contributed by atoms with Gasteiger partial charge in [-0.15, -0.1) is 0 Å². The van der Waals surface area contributed by atoms with Crippen LogP contribution in [-0.2, 0) is 9.59 Å². The molecular formula is C14H26N2O3. The second kappa shape index (κ2) is 7.48. The number of nitrogens with one attached hydrogen (secondary N) is 2. The quantitative estimate of drug-likeness (QED) is 0.657. The predicted octanol–water partition coefficient (Wildman–Crippen LogP) is 1.67. The maximum Gasteiger partial charge on any atom is 0.303 e. The molecule has 1 saturated heterocycles. The van der Waals surface area contributed by atoms with Crippen molar-refractivity contribution in [2.45, 2.75) is 70.4 Å². The van der Waals surface area contributed by atoms with E-state index in [0.717, 1.165) is 19.4 Å². The number of rotatable bonds is 7. The average molecular weight is 270 g/mol. The molecule has 0 spiro atoms. The van der Waals surface area contributed by atoms with Gasteiger partial charge in [0.1, 0.15) is 0 Å². The van der Waals surface area contributed by atoms with E-state index in [1.807, 2.05) is 13.8 Å². The van der Waals surface area contributed by atoms with Gasteiger partial charge in [0.15, 0.2) is 0 Å². The van der Waals surface area contributed by atoms with Crippen molar-refractivity contribution in [3.63, 3.8) is 0 Å². The van der Waals surface area contributed by atoms with Crippen LogP contribution in [0.15, 0.2) is 0 Å². The minimum atomic E-state index is -0.825. The molecule has 19 heavy (non-hydrogen) atoms. The Kier molecular flexibility index (Phi) is 6.28. The number of amides is 1. The first-order chi connectivity index (χ1) is 8.89. The highest BCUT2D eigenvalue weighted by atomic mass is 16.4. The van der Waals surface area contributed by atoms with Crippen LogP contribution >= 0.6 is 0 Å². The topological polar surface area (TPSA) is 78.4 Å². The number of carboxylic acids is 1. The summed E-state index contributed by atoms with van der Waals surface area (Å²) in [5.41, 5.74) is -0.449. The molecule has 0 saturated carbocycles. The van der Waals surface area contributed by atoms with E-state index in [0.29, 0.717) is 18.9 Å². The summed E-state index contributed by atoms with van der Waals surface area (Å²) in [7, 11) is 0. The Labute approximate surface area is 115 Å². The fourth-order valence-corrected chi connectivity index (χ4v) is 2.40. The standard InChI is InChI=1S/C14H26N2O3/c1-14(2,9-8-13(18)19)16-12(17)7-6-11-5-3-4-10-15-11/h11,15H,3-10H2,1-2H3,(H,16,17)(H,18,19). The Bertz CT molecular complexity index is 310. The second-order valence-electron chi connectivity index (χ2n) is 6.01. The van der Waals surface area contributed by atoms with Crippen molar-refractivity contribution in [1.82, 2.24) is 10.6 Å². The Morgan fingerprint density at radius 1 is 1.32 bits per heavy atom. The molecule has 1 unspecified atom stereocenters. The lowest BCUT2D eigenvalue weighted by Gasteiger charge is -2.27. The fourth-order valence-electron chi connectivity index (χ4n) is 2.40. The molecule has 0 aromatic rings. The minimum absolute atomic E-state index is 0.0164. The maximum absolute atomic E-state index is 11.9. The van der Waals surface area contributed by atoms with Crippen LogP contribution in [0.4, 0.5) is 0 Å². The molecule has 5 nitrogen and oxygen atoms in total. The molecule has 1 atom stereocenters. The Balaban J connectivity index is 2.23. The van der Waals surface area contributed by atoms with Crippen LogP contribution in [0, 0.1) is 0 Å². The highest BCUT2D eigenvalue weighted by Crippen LogP contribution is 2.14. The fraction of sp³-hybridized carbons (Fsp3) is 0.857. The van der Waals surface area contributed by atoms with Crippen molar-refractivity contribution in [3.05, 3.63) is 0 Å². The van der Waals surface area contributed by atoms with E-state index >= 15 is 0 Å². The molecular weight excluding hydrogens is 244 g/mol. The molecule has 0 aromatic heterocycles. The second-order valence-corrected chi connectivity index (χ2v) is 6.01. The zero-order chi connectivity index (χ0) is 14.3. The van der Waals surface area contributed by atoms with Gasteiger partial charge < -0.3 is 15.7 Å². The first-order valence-corrected chi connectivity index (χ1v) is 7.15. The van der Waals surface area contributed by atoms with Gasteiger partial charge in [0, 0.05) is 24.4 Å². The van der Waals surface area contributed by atoms with Gasteiger partial charge in [0.05, 0.1) is 0 Å². The molecule has 0 aromatic carbocycles. The molecule has 1 heterocycles. The number of carboxylic acid groups (broad SMARTS) is 1. The number of hydrogen-bond donors (Lipinski definition) is 3. The van der Waals surface area contributed by atoms with Crippen LogP contribution in [-0.4, -0.2) is 35.1 Å². The summed E-state index contributed by atoms with van der Waals surface area (Å²) in [6, 6.07) is 0.460. The molecule has 5 heteroatoms. The first-order valence-electron chi connectivity index (χ1n) is 7.15. The monoisotopic (exact) mass is 270 g/mol. The summed E-state index contributed by atoms with van der Waals surface area (Å²) >= 11 is 0. The number of carbonyl (C=O) groups is 2. The van der Waals surface area contributed by atoms with Crippen LogP contribution in [0.3, 0.4) is 0 Å². The van der Waals surface area contributed by atoms with Gasteiger partial charge in [-0.2, -0.15) is 0 Å². The third kappa shape index (κ3) is 7.15. The van der Waals surface area contributed by atoms with Crippen LogP contribution in [0.2, 0.25) is 0 Å². The zero-order valence-electron chi connectivity index (χ0n) is 12.0. The van der Waals surface area contributed by atoms with E-state index in [4.69, 9.17) is 5.11 Å². The molecule has 1 aliphatic heterocycles. The summed E-state index contributed by atoms with van der Waals surface area (Å²) in [5, 5.41) is 15.0. The van der Waals surface area contributed by atoms with Gasteiger partial charge in [-0.25, -0.2) is 0 Å². The van der Waals surface area contributed by atoms with Crippen molar-refractivity contribution in [1.29, 1.82) is 0 Å². The average Bonchev–Trinajstić information content (AvgIpc) is 2.35. The van der Waals surface area contributed by atoms with Crippen molar-refractivity contribution in [2.24, 2.45) is 0 Å². The summed E-state index contributed by atoms with van der Waals surface area (Å²) in [4.78, 5) is 22.4. The predicted molar refractivity (Wildman–Crippen MR) is 74.0 cm³/mol. The van der Waals surface area contributed by atoms with Gasteiger partial charge in [-0.05, 0) is 46.1 Å². The third-order valence-corrected chi connectivity index (χ3v) is 3.57. The third-order valence-electron chi connectivity index (χ3n) is 3.57. The Morgan fingerprint density at radius 3 is 2.63 bits per heavy atom. The Morgan fingerprint density at radius 2 is 2.05 bits per heavy atom. The minimum Gasteiger partial charge on any atom is -0.481 e. The molecule has 0 aliphatic carbocycles. The Hall–Kier alpha value is -1.10. The zero-order valence-corrected chi connectivity index (χ0v) is 12.0. The van der Waals surface area contributed by atoms with Gasteiger partial charge in [0.25, 0.3) is 0 Å². The lowest BCUT2D eigenvalue weighted by Crippen LogP contribution is -2.44.